The van der Waals surface area contributed by atoms with Gasteiger partial charge in [-0.25, -0.2) is 8.42 Å². The van der Waals surface area contributed by atoms with Crippen molar-refractivity contribution in [3.8, 4) is 0 Å². The van der Waals surface area contributed by atoms with Gasteiger partial charge in [-0.2, -0.15) is 4.31 Å². The molecule has 6 heteroatoms. The molecule has 1 fully saturated rings. The van der Waals surface area contributed by atoms with E-state index in [-0.39, 0.29) is 36.6 Å². The molecule has 20 heavy (non-hydrogen) atoms. The first-order valence-electron chi connectivity index (χ1n) is 6.56. The molecular weight excluding hydrogens is 278 g/mol. The molecule has 1 aromatic rings. The van der Waals surface area contributed by atoms with Gasteiger partial charge in [0, 0.05) is 13.1 Å². The number of aliphatic hydroxyl groups is 1. The Morgan fingerprint density at radius 1 is 1.20 bits per heavy atom. The Hall–Kier alpha value is -1.24. The minimum absolute atomic E-state index is 0.146. The number of aryl methyl sites for hydroxylation is 1. The van der Waals surface area contributed by atoms with E-state index >= 15 is 0 Å². The predicted molar refractivity (Wildman–Crippen MR) is 74.8 cm³/mol. The number of benzene rings is 1. The zero-order valence-electron chi connectivity index (χ0n) is 11.7. The van der Waals surface area contributed by atoms with Gasteiger partial charge in [-0.15, -0.1) is 0 Å². The van der Waals surface area contributed by atoms with E-state index in [1.165, 1.54) is 11.2 Å². The monoisotopic (exact) mass is 297 g/mol. The van der Waals surface area contributed by atoms with Crippen molar-refractivity contribution in [2.45, 2.75) is 37.2 Å². The maximum atomic E-state index is 12.4. The first-order chi connectivity index (χ1) is 9.25. The Morgan fingerprint density at radius 3 is 2.15 bits per heavy atom. The third-order valence-electron chi connectivity index (χ3n) is 3.86. The molecule has 1 aliphatic heterocycles. The molecule has 5 nitrogen and oxygen atoms in total. The number of ketones is 1. The second-order valence-electron chi connectivity index (χ2n) is 5.30. The predicted octanol–water partition coefficient (Wildman–Crippen LogP) is 1.10. The summed E-state index contributed by atoms with van der Waals surface area (Å²) in [7, 11) is -3.54. The summed E-state index contributed by atoms with van der Waals surface area (Å²) in [6, 6.07) is 6.67. The topological polar surface area (TPSA) is 74.7 Å². The van der Waals surface area contributed by atoms with E-state index in [0.717, 1.165) is 5.56 Å². The lowest BCUT2D eigenvalue weighted by Gasteiger charge is -2.35. The minimum atomic E-state index is -3.54. The van der Waals surface area contributed by atoms with Gasteiger partial charge in [0.15, 0.2) is 5.78 Å². The van der Waals surface area contributed by atoms with Gasteiger partial charge in [-0.1, -0.05) is 17.7 Å². The highest BCUT2D eigenvalue weighted by molar-refractivity contribution is 7.89. The number of rotatable bonds is 3. The molecule has 0 aliphatic carbocycles. The summed E-state index contributed by atoms with van der Waals surface area (Å²) < 4.78 is 26.2. The largest absolute Gasteiger partial charge is 0.382 e. The molecule has 1 aromatic carbocycles. The van der Waals surface area contributed by atoms with Crippen LogP contribution in [0.4, 0.5) is 0 Å². The Kier molecular flexibility index (Phi) is 4.00. The molecule has 110 valence electrons. The lowest BCUT2D eigenvalue weighted by molar-refractivity contribution is -0.138. The van der Waals surface area contributed by atoms with E-state index in [1.807, 2.05) is 6.92 Å². The van der Waals surface area contributed by atoms with Crippen LogP contribution in [0, 0.1) is 6.92 Å². The normalized spacial score (nSPS) is 19.8. The number of piperidine rings is 1. The fraction of sp³-hybridized carbons (Fsp3) is 0.500. The molecule has 2 rings (SSSR count). The third-order valence-corrected chi connectivity index (χ3v) is 5.78. The van der Waals surface area contributed by atoms with Crippen LogP contribution in [-0.2, 0) is 14.8 Å². The second kappa shape index (κ2) is 5.27. The molecule has 1 aliphatic rings. The number of carbonyl (C=O) groups excluding carboxylic acids is 1. The molecule has 0 spiro atoms. The fourth-order valence-electron chi connectivity index (χ4n) is 2.31. The number of hydrogen-bond donors (Lipinski definition) is 1. The van der Waals surface area contributed by atoms with Crippen molar-refractivity contribution in [1.82, 2.24) is 4.31 Å². The number of hydrogen-bond acceptors (Lipinski definition) is 4. The van der Waals surface area contributed by atoms with Crippen LogP contribution in [0.15, 0.2) is 29.2 Å². The smallest absolute Gasteiger partial charge is 0.243 e. The van der Waals surface area contributed by atoms with Crippen molar-refractivity contribution in [3.63, 3.8) is 0 Å². The summed E-state index contributed by atoms with van der Waals surface area (Å²) in [5.74, 6) is -0.301. The van der Waals surface area contributed by atoms with Crippen molar-refractivity contribution in [3.05, 3.63) is 29.8 Å². The fourth-order valence-corrected chi connectivity index (χ4v) is 3.75. The lowest BCUT2D eigenvalue weighted by Crippen LogP contribution is -2.50. The molecule has 0 radical (unpaired) electrons. The van der Waals surface area contributed by atoms with Gasteiger partial charge in [-0.05, 0) is 38.8 Å². The highest BCUT2D eigenvalue weighted by Crippen LogP contribution is 2.27. The molecule has 1 saturated heterocycles. The Bertz CT molecular complexity index is 599. The lowest BCUT2D eigenvalue weighted by atomic mass is 9.89. The van der Waals surface area contributed by atoms with Crippen LogP contribution in [0.5, 0.6) is 0 Å². The van der Waals surface area contributed by atoms with Crippen molar-refractivity contribution in [2.75, 3.05) is 13.1 Å². The summed E-state index contributed by atoms with van der Waals surface area (Å²) in [4.78, 5) is 11.6. The zero-order valence-corrected chi connectivity index (χ0v) is 12.5. The minimum Gasteiger partial charge on any atom is -0.382 e. The standard InChI is InChI=1S/C14H19NO4S/c1-11-3-5-13(6-4-11)20(18,19)15-9-7-14(17,8-10-15)12(2)16/h3-6,17H,7-10H2,1-2H3. The molecule has 1 N–H and O–H groups in total. The van der Waals surface area contributed by atoms with Gasteiger partial charge in [0.05, 0.1) is 4.90 Å². The van der Waals surface area contributed by atoms with E-state index in [9.17, 15) is 18.3 Å². The summed E-state index contributed by atoms with van der Waals surface area (Å²) in [6.07, 6.45) is 0.293. The maximum absolute atomic E-state index is 12.4. The van der Waals surface area contributed by atoms with E-state index in [0.29, 0.717) is 0 Å². The van der Waals surface area contributed by atoms with E-state index in [1.54, 1.807) is 24.3 Å². The number of carbonyl (C=O) groups is 1. The Balaban J connectivity index is 2.17. The van der Waals surface area contributed by atoms with Crippen molar-refractivity contribution < 1.29 is 18.3 Å². The van der Waals surface area contributed by atoms with Crippen molar-refractivity contribution >= 4 is 15.8 Å². The van der Waals surface area contributed by atoms with E-state index < -0.39 is 15.6 Å². The molecule has 1 heterocycles. The first kappa shape index (κ1) is 15.2. The SMILES string of the molecule is CC(=O)C1(O)CCN(S(=O)(=O)c2ccc(C)cc2)CC1. The quantitative estimate of drug-likeness (QED) is 0.906. The number of Topliss-reactive ketones (excluding diaryl/α,β-unsaturated/α-hetero) is 1. The van der Waals surface area contributed by atoms with Gasteiger partial charge in [0.2, 0.25) is 10.0 Å². The van der Waals surface area contributed by atoms with Crippen LogP contribution in [0.2, 0.25) is 0 Å². The molecular formula is C14H19NO4S. The van der Waals surface area contributed by atoms with Crippen LogP contribution in [0.25, 0.3) is 0 Å². The van der Waals surface area contributed by atoms with Crippen LogP contribution in [-0.4, -0.2) is 42.3 Å². The van der Waals surface area contributed by atoms with Gasteiger partial charge < -0.3 is 5.11 Å². The second-order valence-corrected chi connectivity index (χ2v) is 7.24. The highest BCUT2D eigenvalue weighted by atomic mass is 32.2. The van der Waals surface area contributed by atoms with Crippen LogP contribution < -0.4 is 0 Å². The van der Waals surface area contributed by atoms with Crippen molar-refractivity contribution in [2.24, 2.45) is 0 Å². The average Bonchev–Trinajstić information content (AvgIpc) is 2.39. The molecule has 0 saturated carbocycles. The van der Waals surface area contributed by atoms with E-state index in [4.69, 9.17) is 0 Å². The van der Waals surface area contributed by atoms with Gasteiger partial charge in [-0.3, -0.25) is 4.79 Å². The van der Waals surface area contributed by atoms with Crippen molar-refractivity contribution in [1.29, 1.82) is 0 Å². The zero-order chi connectivity index (χ0) is 15.0. The van der Waals surface area contributed by atoms with Crippen LogP contribution in [0.1, 0.15) is 25.3 Å². The van der Waals surface area contributed by atoms with Gasteiger partial charge >= 0.3 is 0 Å². The third kappa shape index (κ3) is 2.77. The Labute approximate surface area is 119 Å². The number of sulfonamides is 1. The molecule has 0 bridgehead atoms. The maximum Gasteiger partial charge on any atom is 0.243 e. The average molecular weight is 297 g/mol. The molecule has 0 unspecified atom stereocenters. The summed E-state index contributed by atoms with van der Waals surface area (Å²) in [5, 5.41) is 10.1. The van der Waals surface area contributed by atoms with E-state index in [2.05, 4.69) is 0 Å². The van der Waals surface area contributed by atoms with Crippen LogP contribution >= 0.6 is 0 Å². The summed E-state index contributed by atoms with van der Waals surface area (Å²) in [5.41, 5.74) is -0.382. The summed E-state index contributed by atoms with van der Waals surface area (Å²) >= 11 is 0. The number of nitrogens with zero attached hydrogens (tertiary/aromatic N) is 1. The molecule has 0 aromatic heterocycles. The molecule has 0 amide bonds. The summed E-state index contributed by atoms with van der Waals surface area (Å²) in [6.45, 7) is 3.55. The molecule has 0 atom stereocenters. The Morgan fingerprint density at radius 2 is 1.70 bits per heavy atom. The van der Waals surface area contributed by atoms with Gasteiger partial charge in [0.25, 0.3) is 0 Å². The first-order valence-corrected chi connectivity index (χ1v) is 8.00. The van der Waals surface area contributed by atoms with Crippen LogP contribution in [0.3, 0.4) is 0 Å². The van der Waals surface area contributed by atoms with Gasteiger partial charge in [0.1, 0.15) is 5.60 Å². The highest BCUT2D eigenvalue weighted by Gasteiger charge is 2.40.